The van der Waals surface area contributed by atoms with Gasteiger partial charge < -0.3 is 0 Å². The van der Waals surface area contributed by atoms with E-state index in [1.807, 2.05) is 39.8 Å². The van der Waals surface area contributed by atoms with Gasteiger partial charge in [-0.1, -0.05) is 40.2 Å². The molecule has 0 bridgehead atoms. The first kappa shape index (κ1) is 18.2. The van der Waals surface area contributed by atoms with Gasteiger partial charge in [0.15, 0.2) is 0 Å². The zero-order valence-electron chi connectivity index (χ0n) is 14.3. The lowest BCUT2D eigenvalue weighted by Gasteiger charge is -2.35. The summed E-state index contributed by atoms with van der Waals surface area (Å²) >= 11 is 3.43. The van der Waals surface area contributed by atoms with Crippen LogP contribution in [0.2, 0.25) is 0 Å². The molecule has 2 aromatic rings. The van der Waals surface area contributed by atoms with Crippen LogP contribution < -0.4 is 5.43 Å². The third kappa shape index (κ3) is 4.03. The Labute approximate surface area is 151 Å². The van der Waals surface area contributed by atoms with E-state index in [1.165, 1.54) is 5.01 Å². The van der Waals surface area contributed by atoms with Crippen molar-refractivity contribution >= 4 is 27.7 Å². The second kappa shape index (κ2) is 7.18. The molecule has 0 aliphatic heterocycles. The molecule has 24 heavy (non-hydrogen) atoms. The van der Waals surface area contributed by atoms with Crippen molar-refractivity contribution in [3.8, 4) is 0 Å². The van der Waals surface area contributed by atoms with Crippen molar-refractivity contribution in [2.75, 3.05) is 0 Å². The van der Waals surface area contributed by atoms with Gasteiger partial charge >= 0.3 is 0 Å². The second-order valence-electron chi connectivity index (χ2n) is 6.53. The maximum Gasteiger partial charge on any atom is 0.272 e. The van der Waals surface area contributed by atoms with Crippen LogP contribution in [-0.4, -0.2) is 22.4 Å². The Morgan fingerprint density at radius 2 is 1.62 bits per heavy atom. The summed E-state index contributed by atoms with van der Waals surface area (Å²) in [5.41, 5.74) is 4.08. The third-order valence-corrected chi connectivity index (χ3v) is 4.48. The Morgan fingerprint density at radius 3 is 2.21 bits per heavy atom. The average Bonchev–Trinajstić information content (AvgIpc) is 2.54. The minimum atomic E-state index is -0.567. The summed E-state index contributed by atoms with van der Waals surface area (Å²) in [6.45, 7) is 7.49. The number of rotatable bonds is 2. The van der Waals surface area contributed by atoms with Gasteiger partial charge in [-0.05, 0) is 57.5 Å². The molecule has 0 atom stereocenters. The number of carbonyl (C=O) groups excluding carboxylic acids is 2. The van der Waals surface area contributed by atoms with Gasteiger partial charge in [-0.3, -0.25) is 15.0 Å². The van der Waals surface area contributed by atoms with Crippen LogP contribution >= 0.6 is 15.9 Å². The predicted octanol–water partition coefficient (Wildman–Crippen LogP) is 4.34. The lowest BCUT2D eigenvalue weighted by molar-refractivity contribution is 0.0358. The van der Waals surface area contributed by atoms with E-state index in [0.29, 0.717) is 11.1 Å². The molecule has 2 rings (SSSR count). The Balaban J connectivity index is 2.32. The van der Waals surface area contributed by atoms with Gasteiger partial charge in [-0.15, -0.1) is 0 Å². The highest BCUT2D eigenvalue weighted by atomic mass is 79.9. The first-order chi connectivity index (χ1) is 11.2. The summed E-state index contributed by atoms with van der Waals surface area (Å²) in [6.07, 6.45) is 0. The fraction of sp³-hybridized carbons (Fsp3) is 0.263. The highest BCUT2D eigenvalue weighted by molar-refractivity contribution is 9.10. The molecule has 126 valence electrons. The first-order valence-electron chi connectivity index (χ1n) is 7.67. The van der Waals surface area contributed by atoms with E-state index in [1.54, 1.807) is 36.4 Å². The average molecular weight is 389 g/mol. The van der Waals surface area contributed by atoms with Crippen molar-refractivity contribution in [2.45, 2.75) is 33.2 Å². The minimum absolute atomic E-state index is 0.246. The van der Waals surface area contributed by atoms with Crippen molar-refractivity contribution in [2.24, 2.45) is 0 Å². The van der Waals surface area contributed by atoms with Gasteiger partial charge in [-0.2, -0.15) is 0 Å². The SMILES string of the molecule is Cc1c(Br)cccc1C(=O)NN(C(=O)c1ccccc1)C(C)(C)C. The maximum absolute atomic E-state index is 12.8. The van der Waals surface area contributed by atoms with Crippen LogP contribution in [-0.2, 0) is 0 Å². The Hall–Kier alpha value is -2.14. The Bertz CT molecular complexity index is 752. The molecule has 0 aliphatic rings. The third-order valence-electron chi connectivity index (χ3n) is 3.62. The van der Waals surface area contributed by atoms with Crippen LogP contribution in [0.4, 0.5) is 0 Å². The molecule has 2 aromatic carbocycles. The van der Waals surface area contributed by atoms with Gasteiger partial charge in [0.05, 0.1) is 5.54 Å². The van der Waals surface area contributed by atoms with Gasteiger partial charge in [0, 0.05) is 15.6 Å². The van der Waals surface area contributed by atoms with Crippen LogP contribution in [0.15, 0.2) is 53.0 Å². The zero-order chi connectivity index (χ0) is 17.9. The molecule has 2 amide bonds. The monoisotopic (exact) mass is 388 g/mol. The molecule has 4 nitrogen and oxygen atoms in total. The molecule has 0 aromatic heterocycles. The summed E-state index contributed by atoms with van der Waals surface area (Å²) in [6, 6.07) is 14.3. The lowest BCUT2D eigenvalue weighted by Crippen LogP contribution is -2.56. The van der Waals surface area contributed by atoms with E-state index < -0.39 is 5.54 Å². The molecule has 0 radical (unpaired) electrons. The van der Waals surface area contributed by atoms with Crippen LogP contribution in [0, 0.1) is 6.92 Å². The summed E-state index contributed by atoms with van der Waals surface area (Å²) < 4.78 is 0.854. The van der Waals surface area contributed by atoms with Crippen molar-refractivity contribution < 1.29 is 9.59 Å². The molecule has 5 heteroatoms. The van der Waals surface area contributed by atoms with E-state index >= 15 is 0 Å². The molecule has 0 aliphatic carbocycles. The molecular weight excluding hydrogens is 368 g/mol. The van der Waals surface area contributed by atoms with Gasteiger partial charge in [0.25, 0.3) is 11.8 Å². The Kier molecular flexibility index (Phi) is 5.44. The number of amides is 2. The quantitative estimate of drug-likeness (QED) is 0.777. The number of nitrogens with zero attached hydrogens (tertiary/aromatic N) is 1. The maximum atomic E-state index is 12.8. The van der Waals surface area contributed by atoms with Crippen LogP contribution in [0.3, 0.4) is 0 Å². The lowest BCUT2D eigenvalue weighted by atomic mass is 10.1. The van der Waals surface area contributed by atoms with E-state index in [-0.39, 0.29) is 11.8 Å². The number of hydrogen-bond donors (Lipinski definition) is 1. The molecule has 0 spiro atoms. The summed E-state index contributed by atoms with van der Waals surface area (Å²) in [4.78, 5) is 25.5. The molecule has 0 heterocycles. The number of hydrazine groups is 1. The zero-order valence-corrected chi connectivity index (χ0v) is 15.8. The van der Waals surface area contributed by atoms with Gasteiger partial charge in [0.2, 0.25) is 0 Å². The molecule has 0 saturated heterocycles. The van der Waals surface area contributed by atoms with Crippen LogP contribution in [0.25, 0.3) is 0 Å². The fourth-order valence-electron chi connectivity index (χ4n) is 2.25. The molecule has 0 unspecified atom stereocenters. The van der Waals surface area contributed by atoms with E-state index in [0.717, 1.165) is 10.0 Å². The molecule has 0 fully saturated rings. The van der Waals surface area contributed by atoms with Crippen molar-refractivity contribution in [3.05, 3.63) is 69.7 Å². The van der Waals surface area contributed by atoms with Gasteiger partial charge in [-0.25, -0.2) is 5.01 Å². The number of halogens is 1. The summed E-state index contributed by atoms with van der Waals surface area (Å²) in [5.74, 6) is -0.558. The summed E-state index contributed by atoms with van der Waals surface area (Å²) in [5, 5.41) is 1.38. The normalized spacial score (nSPS) is 11.0. The van der Waals surface area contributed by atoms with E-state index in [4.69, 9.17) is 0 Å². The number of hydrogen-bond acceptors (Lipinski definition) is 2. The Morgan fingerprint density at radius 1 is 1.00 bits per heavy atom. The van der Waals surface area contributed by atoms with Crippen LogP contribution in [0.1, 0.15) is 47.1 Å². The summed E-state index contributed by atoms with van der Waals surface area (Å²) in [7, 11) is 0. The largest absolute Gasteiger partial charge is 0.272 e. The number of nitrogens with one attached hydrogen (secondary N) is 1. The second-order valence-corrected chi connectivity index (χ2v) is 7.39. The molecular formula is C19H21BrN2O2. The highest BCUT2D eigenvalue weighted by Gasteiger charge is 2.29. The predicted molar refractivity (Wildman–Crippen MR) is 98.7 cm³/mol. The standard InChI is InChI=1S/C19H21BrN2O2/c1-13-15(11-8-12-16(13)20)17(23)21-22(19(2,3)4)18(24)14-9-6-5-7-10-14/h5-12H,1-4H3,(H,21,23). The fourth-order valence-corrected chi connectivity index (χ4v) is 2.61. The van der Waals surface area contributed by atoms with E-state index in [9.17, 15) is 9.59 Å². The van der Waals surface area contributed by atoms with Gasteiger partial charge in [0.1, 0.15) is 0 Å². The minimum Gasteiger partial charge on any atom is -0.267 e. The van der Waals surface area contributed by atoms with Crippen LogP contribution in [0.5, 0.6) is 0 Å². The van der Waals surface area contributed by atoms with Crippen molar-refractivity contribution in [3.63, 3.8) is 0 Å². The topological polar surface area (TPSA) is 49.4 Å². The number of carbonyl (C=O) groups is 2. The van der Waals surface area contributed by atoms with Crippen molar-refractivity contribution in [1.29, 1.82) is 0 Å². The molecule has 1 N–H and O–H groups in total. The van der Waals surface area contributed by atoms with Crippen molar-refractivity contribution in [1.82, 2.24) is 10.4 Å². The smallest absolute Gasteiger partial charge is 0.267 e. The molecule has 0 saturated carbocycles. The van der Waals surface area contributed by atoms with E-state index in [2.05, 4.69) is 21.4 Å². The first-order valence-corrected chi connectivity index (χ1v) is 8.47. The highest BCUT2D eigenvalue weighted by Crippen LogP contribution is 2.21. The number of benzene rings is 2.